The van der Waals surface area contributed by atoms with Gasteiger partial charge in [-0.2, -0.15) is 0 Å². The number of aliphatic hydroxyl groups is 1. The van der Waals surface area contributed by atoms with Gasteiger partial charge in [-0.25, -0.2) is 0 Å². The summed E-state index contributed by atoms with van der Waals surface area (Å²) in [6.07, 6.45) is 0.359. The van der Waals surface area contributed by atoms with Gasteiger partial charge in [0.25, 0.3) is 0 Å². The van der Waals surface area contributed by atoms with Crippen LogP contribution in [0.1, 0.15) is 36.1 Å². The molecule has 0 amide bonds. The summed E-state index contributed by atoms with van der Waals surface area (Å²) in [7, 11) is 1.58. The van der Waals surface area contributed by atoms with Gasteiger partial charge in [0.1, 0.15) is 11.9 Å². The summed E-state index contributed by atoms with van der Waals surface area (Å²) in [5, 5.41) is 10.5. The van der Waals surface area contributed by atoms with Crippen LogP contribution in [0.5, 0.6) is 5.75 Å². The maximum absolute atomic E-state index is 10.5. The van der Waals surface area contributed by atoms with Crippen LogP contribution in [0, 0.1) is 0 Å². The lowest BCUT2D eigenvalue weighted by atomic mass is 10.0. The van der Waals surface area contributed by atoms with Gasteiger partial charge in [-0.3, -0.25) is 0 Å². The molecule has 0 radical (unpaired) electrons. The summed E-state index contributed by atoms with van der Waals surface area (Å²) in [4.78, 5) is 0. The highest BCUT2D eigenvalue weighted by atomic mass is 16.7. The standard InChI is InChI=1S/C19H24O4/c1-3-12-22-13-15-4-6-16(7-5-15)19(20)17-8-10-18(11-9-17)23-14-21-2/h4-11,19-20H,3,12-14H2,1-2H3. The monoisotopic (exact) mass is 316 g/mol. The molecular formula is C19H24O4. The molecule has 0 aliphatic heterocycles. The van der Waals surface area contributed by atoms with Gasteiger partial charge in [0, 0.05) is 13.7 Å². The molecule has 0 aromatic heterocycles. The number of benzene rings is 2. The molecule has 23 heavy (non-hydrogen) atoms. The summed E-state index contributed by atoms with van der Waals surface area (Å²) >= 11 is 0. The van der Waals surface area contributed by atoms with Gasteiger partial charge in [0.15, 0.2) is 6.79 Å². The highest BCUT2D eigenvalue weighted by molar-refractivity contribution is 5.35. The summed E-state index contributed by atoms with van der Waals surface area (Å²) in [5.74, 6) is 0.714. The van der Waals surface area contributed by atoms with E-state index in [9.17, 15) is 5.11 Å². The van der Waals surface area contributed by atoms with Crippen molar-refractivity contribution in [2.75, 3.05) is 20.5 Å². The number of aliphatic hydroxyl groups excluding tert-OH is 1. The predicted octanol–water partition coefficient (Wildman–Crippen LogP) is 3.68. The van der Waals surface area contributed by atoms with Crippen LogP contribution in [0.3, 0.4) is 0 Å². The molecule has 0 aliphatic rings. The molecule has 1 unspecified atom stereocenters. The molecule has 1 N–H and O–H groups in total. The maximum Gasteiger partial charge on any atom is 0.188 e. The van der Waals surface area contributed by atoms with Crippen molar-refractivity contribution in [3.63, 3.8) is 0 Å². The Labute approximate surface area is 137 Å². The van der Waals surface area contributed by atoms with Crippen molar-refractivity contribution in [1.82, 2.24) is 0 Å². The largest absolute Gasteiger partial charge is 0.468 e. The van der Waals surface area contributed by atoms with E-state index in [-0.39, 0.29) is 6.79 Å². The first-order valence-electron chi connectivity index (χ1n) is 7.81. The summed E-state index contributed by atoms with van der Waals surface area (Å²) < 4.78 is 15.7. The Morgan fingerprint density at radius 3 is 2.13 bits per heavy atom. The predicted molar refractivity (Wildman–Crippen MR) is 89.4 cm³/mol. The Balaban J connectivity index is 1.97. The first kappa shape index (κ1) is 17.5. The molecule has 1 atom stereocenters. The van der Waals surface area contributed by atoms with Crippen LogP contribution in [0.2, 0.25) is 0 Å². The van der Waals surface area contributed by atoms with Crippen LogP contribution in [0.25, 0.3) is 0 Å². The molecule has 4 nitrogen and oxygen atoms in total. The van der Waals surface area contributed by atoms with Crippen molar-refractivity contribution < 1.29 is 19.3 Å². The van der Waals surface area contributed by atoms with E-state index < -0.39 is 6.10 Å². The second-order valence-electron chi connectivity index (χ2n) is 5.32. The Morgan fingerprint density at radius 1 is 0.957 bits per heavy atom. The second-order valence-corrected chi connectivity index (χ2v) is 5.32. The highest BCUT2D eigenvalue weighted by Crippen LogP contribution is 2.24. The van der Waals surface area contributed by atoms with Gasteiger partial charge in [-0.1, -0.05) is 43.3 Å². The van der Waals surface area contributed by atoms with Crippen molar-refractivity contribution in [2.45, 2.75) is 26.1 Å². The lowest BCUT2D eigenvalue weighted by molar-refractivity contribution is 0.0511. The van der Waals surface area contributed by atoms with Crippen LogP contribution < -0.4 is 4.74 Å². The summed E-state index contributed by atoms with van der Waals surface area (Å²) in [6, 6.07) is 15.2. The van der Waals surface area contributed by atoms with Gasteiger partial charge >= 0.3 is 0 Å². The SMILES string of the molecule is CCCOCc1ccc(C(O)c2ccc(OCOC)cc2)cc1. The van der Waals surface area contributed by atoms with Gasteiger partial charge in [0.05, 0.1) is 6.61 Å². The van der Waals surface area contributed by atoms with Crippen LogP contribution in [-0.2, 0) is 16.1 Å². The molecule has 4 heteroatoms. The Hall–Kier alpha value is -1.88. The van der Waals surface area contributed by atoms with Crippen LogP contribution in [0.4, 0.5) is 0 Å². The Morgan fingerprint density at radius 2 is 1.57 bits per heavy atom. The molecule has 124 valence electrons. The molecule has 0 saturated heterocycles. The normalized spacial score (nSPS) is 12.1. The van der Waals surface area contributed by atoms with Crippen molar-refractivity contribution >= 4 is 0 Å². The molecule has 0 bridgehead atoms. The lowest BCUT2D eigenvalue weighted by Crippen LogP contribution is -2.02. The van der Waals surface area contributed by atoms with E-state index in [1.807, 2.05) is 48.5 Å². The van der Waals surface area contributed by atoms with E-state index in [4.69, 9.17) is 14.2 Å². The molecule has 0 spiro atoms. The average molecular weight is 316 g/mol. The maximum atomic E-state index is 10.5. The molecule has 0 saturated carbocycles. The zero-order valence-electron chi connectivity index (χ0n) is 13.7. The Kier molecular flexibility index (Phi) is 7.07. The zero-order chi connectivity index (χ0) is 16.5. The number of ether oxygens (including phenoxy) is 3. The fourth-order valence-corrected chi connectivity index (χ4v) is 2.20. The third-order valence-electron chi connectivity index (χ3n) is 3.45. The quantitative estimate of drug-likeness (QED) is 0.566. The number of rotatable bonds is 9. The fourth-order valence-electron chi connectivity index (χ4n) is 2.20. The van der Waals surface area contributed by atoms with E-state index in [2.05, 4.69) is 6.92 Å². The van der Waals surface area contributed by atoms with Crippen LogP contribution in [0.15, 0.2) is 48.5 Å². The van der Waals surface area contributed by atoms with E-state index in [1.165, 1.54) is 0 Å². The molecule has 0 heterocycles. The second kappa shape index (κ2) is 9.30. The van der Waals surface area contributed by atoms with Crippen molar-refractivity contribution in [2.24, 2.45) is 0 Å². The van der Waals surface area contributed by atoms with E-state index in [0.29, 0.717) is 12.4 Å². The molecule has 2 rings (SSSR count). The zero-order valence-corrected chi connectivity index (χ0v) is 13.7. The Bertz CT molecular complexity index is 563. The van der Waals surface area contributed by atoms with Gasteiger partial charge in [-0.15, -0.1) is 0 Å². The van der Waals surface area contributed by atoms with Gasteiger partial charge in [-0.05, 0) is 35.2 Å². The van der Waals surface area contributed by atoms with E-state index >= 15 is 0 Å². The molecule has 0 aliphatic carbocycles. The molecule has 2 aromatic carbocycles. The topological polar surface area (TPSA) is 47.9 Å². The van der Waals surface area contributed by atoms with Crippen LogP contribution in [-0.4, -0.2) is 25.6 Å². The third kappa shape index (κ3) is 5.36. The molecule has 0 fully saturated rings. The van der Waals surface area contributed by atoms with E-state index in [1.54, 1.807) is 7.11 Å². The molecular weight excluding hydrogens is 292 g/mol. The molecule has 2 aromatic rings. The average Bonchev–Trinajstić information content (AvgIpc) is 2.61. The number of hydrogen-bond acceptors (Lipinski definition) is 4. The summed E-state index contributed by atoms with van der Waals surface area (Å²) in [6.45, 7) is 3.67. The first-order chi connectivity index (χ1) is 11.2. The van der Waals surface area contributed by atoms with Crippen LogP contribution >= 0.6 is 0 Å². The number of methoxy groups -OCH3 is 1. The minimum atomic E-state index is -0.655. The smallest absolute Gasteiger partial charge is 0.188 e. The number of hydrogen-bond donors (Lipinski definition) is 1. The third-order valence-corrected chi connectivity index (χ3v) is 3.45. The van der Waals surface area contributed by atoms with Crippen molar-refractivity contribution in [3.8, 4) is 5.75 Å². The van der Waals surface area contributed by atoms with Crippen molar-refractivity contribution in [3.05, 3.63) is 65.2 Å². The fraction of sp³-hybridized carbons (Fsp3) is 0.368. The lowest BCUT2D eigenvalue weighted by Gasteiger charge is -2.13. The first-order valence-corrected chi connectivity index (χ1v) is 7.81. The van der Waals surface area contributed by atoms with E-state index in [0.717, 1.165) is 29.7 Å². The van der Waals surface area contributed by atoms with Crippen molar-refractivity contribution in [1.29, 1.82) is 0 Å². The summed E-state index contributed by atoms with van der Waals surface area (Å²) in [5.41, 5.74) is 2.79. The minimum Gasteiger partial charge on any atom is -0.468 e. The van der Waals surface area contributed by atoms with Gasteiger partial charge in [0.2, 0.25) is 0 Å². The highest BCUT2D eigenvalue weighted by Gasteiger charge is 2.10. The minimum absolute atomic E-state index is 0.212. The van der Waals surface area contributed by atoms with Gasteiger partial charge < -0.3 is 19.3 Å².